The lowest BCUT2D eigenvalue weighted by molar-refractivity contribution is 0.178. The van der Waals surface area contributed by atoms with E-state index in [2.05, 4.69) is 27.3 Å². The molecule has 1 aliphatic carbocycles. The summed E-state index contributed by atoms with van der Waals surface area (Å²) in [5.41, 5.74) is 1.61. The Morgan fingerprint density at radius 1 is 1.33 bits per heavy atom. The minimum absolute atomic E-state index is 0.00710. The zero-order valence-corrected chi connectivity index (χ0v) is 14.4. The molecule has 1 aliphatic rings. The Labute approximate surface area is 141 Å². The van der Waals surface area contributed by atoms with Gasteiger partial charge in [0.05, 0.1) is 24.2 Å². The molecule has 0 unspecified atom stereocenters. The van der Waals surface area contributed by atoms with E-state index in [1.165, 1.54) is 12.8 Å². The second-order valence-electron chi connectivity index (χ2n) is 6.71. The van der Waals surface area contributed by atoms with Crippen LogP contribution in [-0.2, 0) is 7.05 Å². The number of nitrogens with zero attached hydrogens (tertiary/aromatic N) is 4. The van der Waals surface area contributed by atoms with Crippen LogP contribution in [0.25, 0.3) is 0 Å². The summed E-state index contributed by atoms with van der Waals surface area (Å²) in [5, 5.41) is 7.30. The van der Waals surface area contributed by atoms with Gasteiger partial charge in [0.15, 0.2) is 0 Å². The Bertz CT molecular complexity index is 694. The minimum Gasteiger partial charge on any atom is -0.475 e. The highest BCUT2D eigenvalue weighted by Crippen LogP contribution is 2.29. The van der Waals surface area contributed by atoms with Crippen LogP contribution in [0.15, 0.2) is 12.4 Å². The number of aromatic nitrogens is 4. The van der Waals surface area contributed by atoms with Crippen molar-refractivity contribution in [1.29, 1.82) is 0 Å². The summed E-state index contributed by atoms with van der Waals surface area (Å²) in [4.78, 5) is 8.14. The average Bonchev–Trinajstić information content (AvgIpc) is 2.87. The van der Waals surface area contributed by atoms with Gasteiger partial charge in [0.1, 0.15) is 0 Å². The predicted octanol–water partition coefficient (Wildman–Crippen LogP) is 3.61. The third-order valence-corrected chi connectivity index (χ3v) is 4.56. The van der Waals surface area contributed by atoms with Crippen molar-refractivity contribution >= 4 is 11.6 Å². The van der Waals surface area contributed by atoms with Crippen molar-refractivity contribution in [2.24, 2.45) is 18.9 Å². The number of aryl methyl sites for hydroxylation is 2. The summed E-state index contributed by atoms with van der Waals surface area (Å²) < 4.78 is 21.2. The molecule has 0 radical (unpaired) electrons. The fourth-order valence-electron chi connectivity index (χ4n) is 3.05. The standard InChI is InChI=1S/C17H24FN5O/c1-11-4-6-13(7-5-11)10-24-16-14(18)8-19-17(21-16)20-15-9-23(3)22-12(15)2/h8-9,11,13H,4-7,10H2,1-3H3,(H,19,20,21)/t11-,13-. The molecule has 7 heteroatoms. The van der Waals surface area contributed by atoms with E-state index in [-0.39, 0.29) is 5.88 Å². The lowest BCUT2D eigenvalue weighted by Gasteiger charge is -2.25. The molecule has 0 aliphatic heterocycles. The molecule has 3 rings (SSSR count). The molecule has 0 saturated heterocycles. The molecule has 0 spiro atoms. The van der Waals surface area contributed by atoms with Crippen molar-refractivity contribution in [3.63, 3.8) is 0 Å². The molecular formula is C17H24FN5O. The molecule has 2 aromatic heterocycles. The van der Waals surface area contributed by atoms with E-state index < -0.39 is 5.82 Å². The van der Waals surface area contributed by atoms with Crippen molar-refractivity contribution in [2.75, 3.05) is 11.9 Å². The van der Waals surface area contributed by atoms with E-state index in [0.29, 0.717) is 18.5 Å². The number of anilines is 2. The Hall–Kier alpha value is -2.18. The normalized spacial score (nSPS) is 20.8. The first-order valence-corrected chi connectivity index (χ1v) is 8.44. The molecule has 24 heavy (non-hydrogen) atoms. The van der Waals surface area contributed by atoms with Crippen molar-refractivity contribution in [3.05, 3.63) is 23.9 Å². The van der Waals surface area contributed by atoms with E-state index >= 15 is 0 Å². The summed E-state index contributed by atoms with van der Waals surface area (Å²) in [6, 6.07) is 0. The second kappa shape index (κ2) is 7.15. The van der Waals surface area contributed by atoms with Crippen molar-refractivity contribution in [3.8, 4) is 5.88 Å². The number of hydrogen-bond donors (Lipinski definition) is 1. The fraction of sp³-hybridized carbons (Fsp3) is 0.588. The van der Waals surface area contributed by atoms with Gasteiger partial charge in [-0.1, -0.05) is 19.8 Å². The SMILES string of the molecule is Cc1nn(C)cc1Nc1ncc(F)c(OC[C@H]2CC[C@H](C)CC2)n1. The van der Waals surface area contributed by atoms with Gasteiger partial charge in [-0.05, 0) is 31.6 Å². The Morgan fingerprint density at radius 3 is 2.75 bits per heavy atom. The van der Waals surface area contributed by atoms with Crippen LogP contribution in [0.5, 0.6) is 5.88 Å². The second-order valence-corrected chi connectivity index (χ2v) is 6.71. The van der Waals surface area contributed by atoms with Crippen LogP contribution in [-0.4, -0.2) is 26.4 Å². The smallest absolute Gasteiger partial charge is 0.255 e. The third kappa shape index (κ3) is 4.01. The first-order chi connectivity index (χ1) is 11.5. The lowest BCUT2D eigenvalue weighted by Crippen LogP contribution is -2.19. The molecule has 1 N–H and O–H groups in total. The average molecular weight is 333 g/mol. The molecule has 0 aromatic carbocycles. The molecule has 0 amide bonds. The van der Waals surface area contributed by atoms with Gasteiger partial charge in [-0.3, -0.25) is 4.68 Å². The van der Waals surface area contributed by atoms with Crippen LogP contribution in [0.3, 0.4) is 0 Å². The molecule has 130 valence electrons. The van der Waals surface area contributed by atoms with Crippen LogP contribution in [0.4, 0.5) is 16.0 Å². The van der Waals surface area contributed by atoms with Gasteiger partial charge >= 0.3 is 0 Å². The monoisotopic (exact) mass is 333 g/mol. The van der Waals surface area contributed by atoms with E-state index in [4.69, 9.17) is 4.74 Å². The summed E-state index contributed by atoms with van der Waals surface area (Å²) in [7, 11) is 1.84. The minimum atomic E-state index is -0.535. The molecule has 6 nitrogen and oxygen atoms in total. The third-order valence-electron chi connectivity index (χ3n) is 4.56. The number of ether oxygens (including phenoxy) is 1. The molecule has 2 heterocycles. The van der Waals surface area contributed by atoms with Crippen LogP contribution in [0.1, 0.15) is 38.3 Å². The van der Waals surface area contributed by atoms with Gasteiger partial charge in [-0.15, -0.1) is 0 Å². The highest BCUT2D eigenvalue weighted by molar-refractivity contribution is 5.55. The van der Waals surface area contributed by atoms with Gasteiger partial charge in [0.2, 0.25) is 11.8 Å². The summed E-state index contributed by atoms with van der Waals surface area (Å²) >= 11 is 0. The largest absolute Gasteiger partial charge is 0.475 e. The first-order valence-electron chi connectivity index (χ1n) is 8.44. The van der Waals surface area contributed by atoms with Crippen LogP contribution < -0.4 is 10.1 Å². The molecule has 0 bridgehead atoms. The van der Waals surface area contributed by atoms with Gasteiger partial charge in [0.25, 0.3) is 5.88 Å². The highest BCUT2D eigenvalue weighted by Gasteiger charge is 2.20. The van der Waals surface area contributed by atoms with Crippen molar-refractivity contribution in [2.45, 2.75) is 39.5 Å². The maximum atomic E-state index is 13.9. The summed E-state index contributed by atoms with van der Waals surface area (Å²) in [6.45, 7) is 4.67. The van der Waals surface area contributed by atoms with E-state index in [1.807, 2.05) is 20.2 Å². The number of halogens is 1. The van der Waals surface area contributed by atoms with E-state index in [9.17, 15) is 4.39 Å². The van der Waals surface area contributed by atoms with Gasteiger partial charge in [0, 0.05) is 13.2 Å². The topological polar surface area (TPSA) is 64.9 Å². The van der Waals surface area contributed by atoms with Gasteiger partial charge < -0.3 is 10.1 Å². The molecule has 1 saturated carbocycles. The van der Waals surface area contributed by atoms with Gasteiger partial charge in [-0.25, -0.2) is 4.98 Å². The zero-order valence-electron chi connectivity index (χ0n) is 14.4. The zero-order chi connectivity index (χ0) is 17.1. The molecule has 0 atom stereocenters. The Balaban J connectivity index is 1.64. The van der Waals surface area contributed by atoms with Crippen LogP contribution in [0.2, 0.25) is 0 Å². The molecule has 2 aromatic rings. The number of nitrogens with one attached hydrogen (secondary N) is 1. The summed E-state index contributed by atoms with van der Waals surface area (Å²) in [6.07, 6.45) is 7.66. The van der Waals surface area contributed by atoms with E-state index in [1.54, 1.807) is 4.68 Å². The first kappa shape index (κ1) is 16.7. The summed E-state index contributed by atoms with van der Waals surface area (Å²) in [5.74, 6) is 1.04. The van der Waals surface area contributed by atoms with Gasteiger partial charge in [-0.2, -0.15) is 14.5 Å². The van der Waals surface area contributed by atoms with Crippen LogP contribution in [0, 0.1) is 24.6 Å². The lowest BCUT2D eigenvalue weighted by atomic mass is 9.83. The van der Waals surface area contributed by atoms with Crippen molar-refractivity contribution in [1.82, 2.24) is 19.7 Å². The van der Waals surface area contributed by atoms with Crippen LogP contribution >= 0.6 is 0 Å². The maximum Gasteiger partial charge on any atom is 0.255 e. The van der Waals surface area contributed by atoms with E-state index in [0.717, 1.165) is 36.3 Å². The fourth-order valence-corrected chi connectivity index (χ4v) is 3.05. The maximum absolute atomic E-state index is 13.9. The molecule has 1 fully saturated rings. The Kier molecular flexibility index (Phi) is 4.97. The molecular weight excluding hydrogens is 309 g/mol. The quantitative estimate of drug-likeness (QED) is 0.905. The highest BCUT2D eigenvalue weighted by atomic mass is 19.1. The predicted molar refractivity (Wildman–Crippen MR) is 89.8 cm³/mol. The Morgan fingerprint density at radius 2 is 2.08 bits per heavy atom. The van der Waals surface area contributed by atoms with Crippen molar-refractivity contribution < 1.29 is 9.13 Å². The number of rotatable bonds is 5. The number of hydrogen-bond acceptors (Lipinski definition) is 5.